The van der Waals surface area contributed by atoms with Crippen LogP contribution in [0.3, 0.4) is 0 Å². The lowest BCUT2D eigenvalue weighted by Gasteiger charge is -2.13. The van der Waals surface area contributed by atoms with Crippen LogP contribution in [0.2, 0.25) is 0 Å². The second-order valence-corrected chi connectivity index (χ2v) is 6.61. The first-order valence-corrected chi connectivity index (χ1v) is 9.62. The Morgan fingerprint density at radius 1 is 1.06 bits per heavy atom. The van der Waals surface area contributed by atoms with E-state index in [1.165, 1.54) is 26.4 Å². The molecule has 0 aliphatic carbocycles. The van der Waals surface area contributed by atoms with Crippen molar-refractivity contribution in [3.8, 4) is 17.4 Å². The van der Waals surface area contributed by atoms with Crippen LogP contribution >= 0.6 is 0 Å². The number of hydrogen-bond donors (Lipinski definition) is 1. The number of nitrogens with one attached hydrogen (secondary N) is 1. The molecule has 1 N–H and O–H groups in total. The molecule has 0 unspecified atom stereocenters. The van der Waals surface area contributed by atoms with Gasteiger partial charge in [-0.2, -0.15) is 18.2 Å². The van der Waals surface area contributed by atoms with Crippen LogP contribution in [0.4, 0.5) is 19.0 Å². The van der Waals surface area contributed by atoms with Crippen molar-refractivity contribution in [2.24, 2.45) is 0 Å². The first-order chi connectivity index (χ1) is 15.8. The Balaban J connectivity index is 1.92. The standard InChI is InChI=1S/C23H20F3N3O4/c1-31-16-9-10-17(19(12-16)32-2)22(30)29-21-18(11-8-15-6-4-3-5-7-15)27-13-20(28-21)33-14-23(24,25)26/h3-13H,14H2,1-2H3,(H,28,29,30)/b11-8-. The Kier molecular flexibility index (Phi) is 7.50. The third-order valence-corrected chi connectivity index (χ3v) is 4.28. The second kappa shape index (κ2) is 10.5. The smallest absolute Gasteiger partial charge is 0.422 e. The Hall–Kier alpha value is -4.08. The van der Waals surface area contributed by atoms with Crippen molar-refractivity contribution in [1.82, 2.24) is 9.97 Å². The number of hydrogen-bond acceptors (Lipinski definition) is 6. The molecule has 2 aromatic carbocycles. The maximum Gasteiger partial charge on any atom is 0.422 e. The molecule has 10 heteroatoms. The molecule has 0 aliphatic heterocycles. The number of nitrogens with zero attached hydrogens (tertiary/aromatic N) is 2. The van der Waals surface area contributed by atoms with Crippen LogP contribution in [0.25, 0.3) is 12.2 Å². The molecule has 0 aliphatic rings. The minimum Gasteiger partial charge on any atom is -0.497 e. The van der Waals surface area contributed by atoms with Crippen molar-refractivity contribution in [1.29, 1.82) is 0 Å². The normalized spacial score (nSPS) is 11.3. The van der Waals surface area contributed by atoms with Gasteiger partial charge in [-0.3, -0.25) is 4.79 Å². The lowest BCUT2D eigenvalue weighted by Crippen LogP contribution is -2.20. The summed E-state index contributed by atoms with van der Waals surface area (Å²) in [5.74, 6) is -0.347. The molecule has 0 fully saturated rings. The van der Waals surface area contributed by atoms with Gasteiger partial charge in [-0.25, -0.2) is 4.98 Å². The predicted octanol–water partition coefficient (Wildman–Crippen LogP) is 4.86. The van der Waals surface area contributed by atoms with Gasteiger partial charge in [0.25, 0.3) is 5.91 Å². The molecule has 0 saturated carbocycles. The number of methoxy groups -OCH3 is 2. The van der Waals surface area contributed by atoms with E-state index in [0.717, 1.165) is 11.8 Å². The SMILES string of the molecule is COc1ccc(C(=O)Nc2nc(OCC(F)(F)F)cnc2/C=C\c2ccccc2)c(OC)c1. The molecule has 7 nitrogen and oxygen atoms in total. The molecule has 3 rings (SSSR count). The maximum absolute atomic E-state index is 12.9. The van der Waals surface area contributed by atoms with Crippen LogP contribution in [-0.4, -0.2) is 42.9 Å². The number of aromatic nitrogens is 2. The quantitative estimate of drug-likeness (QED) is 0.518. The average Bonchev–Trinajstić information content (AvgIpc) is 2.81. The lowest BCUT2D eigenvalue weighted by molar-refractivity contribution is -0.154. The highest BCUT2D eigenvalue weighted by molar-refractivity contribution is 6.06. The van der Waals surface area contributed by atoms with Crippen LogP contribution in [0.5, 0.6) is 17.4 Å². The van der Waals surface area contributed by atoms with Gasteiger partial charge in [0, 0.05) is 6.07 Å². The summed E-state index contributed by atoms with van der Waals surface area (Å²) in [4.78, 5) is 21.0. The maximum atomic E-state index is 12.9. The number of ether oxygens (including phenoxy) is 3. The van der Waals surface area contributed by atoms with Gasteiger partial charge in [-0.05, 0) is 23.8 Å². The molecule has 1 aromatic heterocycles. The highest BCUT2D eigenvalue weighted by Crippen LogP contribution is 2.26. The molecule has 0 radical (unpaired) electrons. The zero-order chi connectivity index (χ0) is 23.8. The summed E-state index contributed by atoms with van der Waals surface area (Å²) in [6.07, 6.45) is -0.186. The molecular weight excluding hydrogens is 439 g/mol. The third-order valence-electron chi connectivity index (χ3n) is 4.28. The van der Waals surface area contributed by atoms with E-state index < -0.39 is 18.7 Å². The summed E-state index contributed by atoms with van der Waals surface area (Å²) in [5.41, 5.74) is 1.24. The van der Waals surface area contributed by atoms with Crippen LogP contribution in [0.1, 0.15) is 21.6 Å². The number of benzene rings is 2. The van der Waals surface area contributed by atoms with Crippen LogP contribution in [0, 0.1) is 0 Å². The Morgan fingerprint density at radius 3 is 2.48 bits per heavy atom. The number of alkyl halides is 3. The van der Waals surface area contributed by atoms with Crippen molar-refractivity contribution in [2.45, 2.75) is 6.18 Å². The van der Waals surface area contributed by atoms with Crippen molar-refractivity contribution in [3.05, 3.63) is 71.5 Å². The van der Waals surface area contributed by atoms with E-state index in [1.54, 1.807) is 18.2 Å². The van der Waals surface area contributed by atoms with Crippen LogP contribution in [0.15, 0.2) is 54.7 Å². The molecule has 3 aromatic rings. The van der Waals surface area contributed by atoms with Crippen LogP contribution < -0.4 is 19.5 Å². The Labute approximate surface area is 187 Å². The zero-order valence-corrected chi connectivity index (χ0v) is 17.7. The van der Waals surface area contributed by atoms with Crippen LogP contribution in [-0.2, 0) is 0 Å². The second-order valence-electron chi connectivity index (χ2n) is 6.61. The number of halogens is 3. The van der Waals surface area contributed by atoms with Crippen molar-refractivity contribution >= 4 is 23.9 Å². The zero-order valence-electron chi connectivity index (χ0n) is 17.7. The number of amides is 1. The van der Waals surface area contributed by atoms with Gasteiger partial charge in [0.05, 0.1) is 26.0 Å². The van der Waals surface area contributed by atoms with Gasteiger partial charge in [0.1, 0.15) is 17.2 Å². The molecule has 0 spiro atoms. The van der Waals surface area contributed by atoms with Gasteiger partial charge < -0.3 is 19.5 Å². The predicted molar refractivity (Wildman–Crippen MR) is 116 cm³/mol. The highest BCUT2D eigenvalue weighted by atomic mass is 19.4. The minimum atomic E-state index is -4.55. The number of anilines is 1. The number of carbonyl (C=O) groups excluding carboxylic acids is 1. The largest absolute Gasteiger partial charge is 0.497 e. The van der Waals surface area contributed by atoms with E-state index in [2.05, 4.69) is 20.0 Å². The summed E-state index contributed by atoms with van der Waals surface area (Å²) >= 11 is 0. The average molecular weight is 459 g/mol. The fraction of sp³-hybridized carbons (Fsp3) is 0.174. The van der Waals surface area contributed by atoms with E-state index in [1.807, 2.05) is 30.3 Å². The molecule has 33 heavy (non-hydrogen) atoms. The molecule has 0 saturated heterocycles. The molecule has 1 amide bonds. The molecular formula is C23H20F3N3O4. The summed E-state index contributed by atoms with van der Waals surface area (Å²) < 4.78 is 52.6. The Bertz CT molecular complexity index is 1140. The summed E-state index contributed by atoms with van der Waals surface area (Å²) in [6.45, 7) is -1.54. The molecule has 172 valence electrons. The molecule has 0 bridgehead atoms. The summed E-state index contributed by atoms with van der Waals surface area (Å²) in [6, 6.07) is 13.8. The molecule has 1 heterocycles. The Morgan fingerprint density at radius 2 is 1.82 bits per heavy atom. The minimum absolute atomic E-state index is 0.0790. The van der Waals surface area contributed by atoms with Gasteiger partial charge >= 0.3 is 6.18 Å². The van der Waals surface area contributed by atoms with E-state index in [-0.39, 0.29) is 28.7 Å². The first-order valence-electron chi connectivity index (χ1n) is 9.62. The topological polar surface area (TPSA) is 82.6 Å². The molecule has 0 atom stereocenters. The highest BCUT2D eigenvalue weighted by Gasteiger charge is 2.29. The fourth-order valence-corrected chi connectivity index (χ4v) is 2.72. The number of carbonyl (C=O) groups is 1. The van der Waals surface area contributed by atoms with Gasteiger partial charge in [0.15, 0.2) is 12.4 Å². The first kappa shape index (κ1) is 23.6. The van der Waals surface area contributed by atoms with E-state index in [4.69, 9.17) is 9.47 Å². The van der Waals surface area contributed by atoms with Crippen molar-refractivity contribution < 1.29 is 32.2 Å². The third kappa shape index (κ3) is 6.70. The van der Waals surface area contributed by atoms with E-state index >= 15 is 0 Å². The van der Waals surface area contributed by atoms with E-state index in [9.17, 15) is 18.0 Å². The monoisotopic (exact) mass is 459 g/mol. The van der Waals surface area contributed by atoms with Crippen molar-refractivity contribution in [3.63, 3.8) is 0 Å². The van der Waals surface area contributed by atoms with Gasteiger partial charge in [0.2, 0.25) is 5.88 Å². The van der Waals surface area contributed by atoms with Gasteiger partial charge in [-0.15, -0.1) is 0 Å². The fourth-order valence-electron chi connectivity index (χ4n) is 2.72. The van der Waals surface area contributed by atoms with Crippen molar-refractivity contribution in [2.75, 3.05) is 26.1 Å². The van der Waals surface area contributed by atoms with E-state index in [0.29, 0.717) is 5.75 Å². The number of rotatable bonds is 8. The van der Waals surface area contributed by atoms with Gasteiger partial charge in [-0.1, -0.05) is 36.4 Å². The summed E-state index contributed by atoms with van der Waals surface area (Å²) in [7, 11) is 2.87. The lowest BCUT2D eigenvalue weighted by atomic mass is 10.1. The summed E-state index contributed by atoms with van der Waals surface area (Å²) in [5, 5.41) is 2.57.